The number of hydrogen-bond acceptors (Lipinski definition) is 3. The van der Waals surface area contributed by atoms with Crippen molar-refractivity contribution in [1.82, 2.24) is 10.6 Å². The number of nitrogens with one attached hydrogen (secondary N) is 2. The van der Waals surface area contributed by atoms with E-state index < -0.39 is 0 Å². The third-order valence-corrected chi connectivity index (χ3v) is 3.52. The van der Waals surface area contributed by atoms with Gasteiger partial charge in [-0.3, -0.25) is 4.99 Å². The van der Waals surface area contributed by atoms with E-state index in [-0.39, 0.29) is 0 Å². The lowest BCUT2D eigenvalue weighted by atomic mass is 10.2. The second-order valence-electron chi connectivity index (χ2n) is 5.15. The Bertz CT molecular complexity index is 496. The molecule has 5 heteroatoms. The van der Waals surface area contributed by atoms with Gasteiger partial charge < -0.3 is 20.1 Å². The van der Waals surface area contributed by atoms with Gasteiger partial charge in [-0.2, -0.15) is 0 Å². The van der Waals surface area contributed by atoms with E-state index in [4.69, 9.17) is 9.47 Å². The van der Waals surface area contributed by atoms with Crippen molar-refractivity contribution < 1.29 is 9.47 Å². The first-order valence-electron chi connectivity index (χ1n) is 7.71. The van der Waals surface area contributed by atoms with Crippen LogP contribution in [-0.4, -0.2) is 38.9 Å². The van der Waals surface area contributed by atoms with Crippen LogP contribution in [0.25, 0.3) is 0 Å². The summed E-state index contributed by atoms with van der Waals surface area (Å²) >= 11 is 0. The summed E-state index contributed by atoms with van der Waals surface area (Å²) in [5.41, 5.74) is 1.09. The molecular formula is C17H25N3O2. The van der Waals surface area contributed by atoms with Crippen LogP contribution >= 0.6 is 0 Å². The molecule has 2 rings (SSSR count). The van der Waals surface area contributed by atoms with Gasteiger partial charge in [0.15, 0.2) is 5.96 Å². The average molecular weight is 303 g/mol. The van der Waals surface area contributed by atoms with Crippen LogP contribution in [0.3, 0.4) is 0 Å². The normalized spacial score (nSPS) is 18.0. The molecule has 5 nitrogen and oxygen atoms in total. The van der Waals surface area contributed by atoms with Gasteiger partial charge >= 0.3 is 0 Å². The number of para-hydroxylation sites is 1. The molecule has 0 saturated carbocycles. The SMILES string of the molecule is C=CCOc1ccccc1CNC(=NC)NCC1CCCO1. The summed E-state index contributed by atoms with van der Waals surface area (Å²) in [5, 5.41) is 6.61. The van der Waals surface area contributed by atoms with Gasteiger partial charge in [0.1, 0.15) is 12.4 Å². The van der Waals surface area contributed by atoms with E-state index >= 15 is 0 Å². The second-order valence-corrected chi connectivity index (χ2v) is 5.15. The first kappa shape index (κ1) is 16.4. The fourth-order valence-corrected chi connectivity index (χ4v) is 2.35. The van der Waals surface area contributed by atoms with Crippen LogP contribution in [0.5, 0.6) is 5.75 Å². The molecule has 22 heavy (non-hydrogen) atoms. The highest BCUT2D eigenvalue weighted by Crippen LogP contribution is 2.17. The fourth-order valence-electron chi connectivity index (χ4n) is 2.35. The molecule has 1 aliphatic heterocycles. The van der Waals surface area contributed by atoms with Gasteiger partial charge in [-0.05, 0) is 18.9 Å². The lowest BCUT2D eigenvalue weighted by Gasteiger charge is -2.16. The second kappa shape index (κ2) is 9.10. The van der Waals surface area contributed by atoms with Crippen LogP contribution in [0, 0.1) is 0 Å². The summed E-state index contributed by atoms with van der Waals surface area (Å²) in [4.78, 5) is 4.24. The van der Waals surface area contributed by atoms with Crippen LogP contribution < -0.4 is 15.4 Å². The van der Waals surface area contributed by atoms with E-state index in [2.05, 4.69) is 22.2 Å². The quantitative estimate of drug-likeness (QED) is 0.460. The predicted octanol–water partition coefficient (Wildman–Crippen LogP) is 2.10. The van der Waals surface area contributed by atoms with Gasteiger partial charge in [-0.1, -0.05) is 30.9 Å². The number of hydrogen-bond donors (Lipinski definition) is 2. The van der Waals surface area contributed by atoms with E-state index in [0.717, 1.165) is 43.3 Å². The minimum Gasteiger partial charge on any atom is -0.489 e. The molecule has 120 valence electrons. The number of rotatable bonds is 7. The molecule has 1 aromatic rings. The molecule has 0 spiro atoms. The van der Waals surface area contributed by atoms with Crippen molar-refractivity contribution in [2.75, 3.05) is 26.8 Å². The Morgan fingerprint density at radius 3 is 3.05 bits per heavy atom. The zero-order chi connectivity index (χ0) is 15.6. The van der Waals surface area contributed by atoms with Gasteiger partial charge in [0.2, 0.25) is 0 Å². The van der Waals surface area contributed by atoms with Gasteiger partial charge in [0.25, 0.3) is 0 Å². The molecule has 1 fully saturated rings. The minimum absolute atomic E-state index is 0.293. The smallest absolute Gasteiger partial charge is 0.191 e. The number of aliphatic imine (C=N–C) groups is 1. The average Bonchev–Trinajstić information content (AvgIpc) is 3.07. The molecule has 2 N–H and O–H groups in total. The topological polar surface area (TPSA) is 54.9 Å². The van der Waals surface area contributed by atoms with E-state index in [1.165, 1.54) is 0 Å². The maximum Gasteiger partial charge on any atom is 0.191 e. The van der Waals surface area contributed by atoms with Crippen molar-refractivity contribution in [3.8, 4) is 5.75 Å². The van der Waals surface area contributed by atoms with Crippen molar-refractivity contribution in [3.63, 3.8) is 0 Å². The number of ether oxygens (including phenoxy) is 2. The first-order chi connectivity index (χ1) is 10.8. The Hall–Kier alpha value is -2.01. The van der Waals surface area contributed by atoms with Crippen molar-refractivity contribution in [2.24, 2.45) is 4.99 Å². The molecule has 1 aromatic carbocycles. The summed E-state index contributed by atoms with van der Waals surface area (Å²) < 4.78 is 11.3. The van der Waals surface area contributed by atoms with E-state index in [9.17, 15) is 0 Å². The Kier molecular flexibility index (Phi) is 6.77. The molecule has 0 aromatic heterocycles. The van der Waals surface area contributed by atoms with Crippen molar-refractivity contribution >= 4 is 5.96 Å². The molecule has 0 bridgehead atoms. The first-order valence-corrected chi connectivity index (χ1v) is 7.71. The summed E-state index contributed by atoms with van der Waals surface area (Å²) in [6.45, 7) is 6.48. The number of guanidine groups is 1. The Morgan fingerprint density at radius 2 is 2.32 bits per heavy atom. The monoisotopic (exact) mass is 303 g/mol. The Balaban J connectivity index is 1.83. The van der Waals surface area contributed by atoms with Gasteiger partial charge in [0.05, 0.1) is 6.10 Å². The van der Waals surface area contributed by atoms with Crippen LogP contribution in [0.1, 0.15) is 18.4 Å². The molecule has 1 aliphatic rings. The third-order valence-electron chi connectivity index (χ3n) is 3.52. The highest BCUT2D eigenvalue weighted by atomic mass is 16.5. The summed E-state index contributed by atoms with van der Waals surface area (Å²) in [7, 11) is 1.77. The van der Waals surface area contributed by atoms with E-state index in [1.54, 1.807) is 13.1 Å². The lowest BCUT2D eigenvalue weighted by Crippen LogP contribution is -2.40. The van der Waals surface area contributed by atoms with Crippen LogP contribution in [0.15, 0.2) is 41.9 Å². The molecule has 1 heterocycles. The molecular weight excluding hydrogens is 278 g/mol. The van der Waals surface area contributed by atoms with E-state index in [0.29, 0.717) is 19.3 Å². The largest absolute Gasteiger partial charge is 0.489 e. The lowest BCUT2D eigenvalue weighted by molar-refractivity contribution is 0.114. The highest BCUT2D eigenvalue weighted by molar-refractivity contribution is 5.79. The van der Waals surface area contributed by atoms with Crippen LogP contribution in [0.4, 0.5) is 0 Å². The van der Waals surface area contributed by atoms with Gasteiger partial charge in [-0.15, -0.1) is 0 Å². The summed E-state index contributed by atoms with van der Waals surface area (Å²) in [6, 6.07) is 7.97. The molecule has 1 saturated heterocycles. The predicted molar refractivity (Wildman–Crippen MR) is 89.3 cm³/mol. The maximum atomic E-state index is 5.66. The van der Waals surface area contributed by atoms with Crippen molar-refractivity contribution in [3.05, 3.63) is 42.5 Å². The fraction of sp³-hybridized carbons (Fsp3) is 0.471. The summed E-state index contributed by atoms with van der Waals surface area (Å²) in [5.74, 6) is 1.64. The van der Waals surface area contributed by atoms with E-state index in [1.807, 2.05) is 24.3 Å². The Morgan fingerprint density at radius 1 is 1.45 bits per heavy atom. The van der Waals surface area contributed by atoms with Crippen LogP contribution in [0.2, 0.25) is 0 Å². The number of nitrogens with zero attached hydrogens (tertiary/aromatic N) is 1. The molecule has 1 unspecified atom stereocenters. The molecule has 0 amide bonds. The summed E-state index contributed by atoms with van der Waals surface area (Å²) in [6.07, 6.45) is 4.29. The molecule has 0 radical (unpaired) electrons. The van der Waals surface area contributed by atoms with Gasteiger partial charge in [0, 0.05) is 32.3 Å². The Labute approximate surface area is 132 Å². The van der Waals surface area contributed by atoms with Crippen molar-refractivity contribution in [2.45, 2.75) is 25.5 Å². The minimum atomic E-state index is 0.293. The molecule has 0 aliphatic carbocycles. The maximum absolute atomic E-state index is 5.66. The van der Waals surface area contributed by atoms with Gasteiger partial charge in [-0.25, -0.2) is 0 Å². The zero-order valence-corrected chi connectivity index (χ0v) is 13.2. The van der Waals surface area contributed by atoms with Crippen LogP contribution in [-0.2, 0) is 11.3 Å². The standard InChI is InChI=1S/C17H25N3O2/c1-3-10-22-16-9-5-4-7-14(16)12-19-17(18-2)20-13-15-8-6-11-21-15/h3-5,7,9,15H,1,6,8,10-13H2,2H3,(H2,18,19,20). The highest BCUT2D eigenvalue weighted by Gasteiger charge is 2.15. The molecule has 1 atom stereocenters. The zero-order valence-electron chi connectivity index (χ0n) is 13.2. The number of benzene rings is 1. The third kappa shape index (κ3) is 5.07. The van der Waals surface area contributed by atoms with Crippen molar-refractivity contribution in [1.29, 1.82) is 0 Å².